The lowest BCUT2D eigenvalue weighted by atomic mass is 9.98. The van der Waals surface area contributed by atoms with Gasteiger partial charge < -0.3 is 10.6 Å². The molecular weight excluding hydrogens is 224 g/mol. The van der Waals surface area contributed by atoms with Crippen LogP contribution in [-0.4, -0.2) is 18.5 Å². The molecule has 3 heteroatoms. The summed E-state index contributed by atoms with van der Waals surface area (Å²) in [6.45, 7) is 5.39. The van der Waals surface area contributed by atoms with Gasteiger partial charge >= 0.3 is 0 Å². The third kappa shape index (κ3) is 3.10. The maximum Gasteiger partial charge on any atom is 0.251 e. The van der Waals surface area contributed by atoms with Gasteiger partial charge in [-0.1, -0.05) is 12.1 Å². The number of amides is 1. The Morgan fingerprint density at radius 2 is 1.89 bits per heavy atom. The van der Waals surface area contributed by atoms with E-state index in [2.05, 4.69) is 24.5 Å². The zero-order chi connectivity index (χ0) is 13.2. The van der Waals surface area contributed by atoms with E-state index < -0.39 is 0 Å². The lowest BCUT2D eigenvalue weighted by molar-refractivity contribution is 0.0963. The minimum absolute atomic E-state index is 0.0344. The first kappa shape index (κ1) is 13.1. The Kier molecular flexibility index (Phi) is 3.71. The van der Waals surface area contributed by atoms with Crippen LogP contribution in [0.1, 0.15) is 42.6 Å². The highest BCUT2D eigenvalue weighted by Crippen LogP contribution is 2.39. The molecule has 0 atom stereocenters. The molecule has 0 unspecified atom stereocenters. The van der Waals surface area contributed by atoms with Crippen molar-refractivity contribution in [1.82, 2.24) is 10.6 Å². The van der Waals surface area contributed by atoms with Crippen LogP contribution < -0.4 is 10.6 Å². The lowest BCUT2D eigenvalue weighted by Gasteiger charge is -2.26. The van der Waals surface area contributed by atoms with Gasteiger partial charge in [-0.15, -0.1) is 0 Å². The van der Waals surface area contributed by atoms with Crippen LogP contribution in [0.3, 0.4) is 0 Å². The fourth-order valence-electron chi connectivity index (χ4n) is 2.20. The summed E-state index contributed by atoms with van der Waals surface area (Å²) in [6, 6.07) is 7.78. The molecule has 1 fully saturated rings. The van der Waals surface area contributed by atoms with Gasteiger partial charge in [-0.05, 0) is 50.3 Å². The molecule has 0 aliphatic heterocycles. The quantitative estimate of drug-likeness (QED) is 0.837. The fraction of sp³-hybridized carbons (Fsp3) is 0.533. The monoisotopic (exact) mass is 246 g/mol. The molecule has 0 radical (unpaired) electrons. The Hall–Kier alpha value is -1.35. The number of carbonyl (C=O) groups is 1. The summed E-state index contributed by atoms with van der Waals surface area (Å²) in [4.78, 5) is 11.4. The third-order valence-electron chi connectivity index (χ3n) is 3.79. The molecule has 1 aliphatic carbocycles. The number of rotatable bonds is 5. The Bertz CT molecular complexity index is 419. The van der Waals surface area contributed by atoms with Gasteiger partial charge in [-0.2, -0.15) is 0 Å². The molecule has 98 valence electrons. The summed E-state index contributed by atoms with van der Waals surface area (Å²) in [6.07, 6.45) is 2.69. The molecule has 0 aromatic heterocycles. The maximum absolute atomic E-state index is 11.4. The molecule has 1 aromatic rings. The van der Waals surface area contributed by atoms with Crippen molar-refractivity contribution in [2.45, 2.75) is 38.8 Å². The van der Waals surface area contributed by atoms with Gasteiger partial charge in [0.2, 0.25) is 0 Å². The third-order valence-corrected chi connectivity index (χ3v) is 3.79. The highest BCUT2D eigenvalue weighted by atomic mass is 16.1. The van der Waals surface area contributed by atoms with E-state index in [0.29, 0.717) is 5.56 Å². The summed E-state index contributed by atoms with van der Waals surface area (Å²) in [5.74, 6) is 0.787. The fourth-order valence-corrected chi connectivity index (χ4v) is 2.20. The predicted molar refractivity (Wildman–Crippen MR) is 73.5 cm³/mol. The van der Waals surface area contributed by atoms with Gasteiger partial charge in [-0.3, -0.25) is 4.79 Å². The number of nitrogens with one attached hydrogen (secondary N) is 2. The van der Waals surface area contributed by atoms with E-state index in [-0.39, 0.29) is 11.4 Å². The highest BCUT2D eigenvalue weighted by Gasteiger charge is 2.36. The highest BCUT2D eigenvalue weighted by molar-refractivity contribution is 5.93. The van der Waals surface area contributed by atoms with E-state index >= 15 is 0 Å². The number of hydrogen-bond donors (Lipinski definition) is 2. The minimum Gasteiger partial charge on any atom is -0.355 e. The second-order valence-electron chi connectivity index (χ2n) is 5.63. The molecular formula is C15H22N2O. The molecule has 0 heterocycles. The van der Waals surface area contributed by atoms with Crippen LogP contribution in [0.4, 0.5) is 0 Å². The molecule has 2 N–H and O–H groups in total. The summed E-state index contributed by atoms with van der Waals surface area (Å²) < 4.78 is 0. The average molecular weight is 246 g/mol. The van der Waals surface area contributed by atoms with Crippen molar-refractivity contribution in [2.24, 2.45) is 5.92 Å². The van der Waals surface area contributed by atoms with Gasteiger partial charge in [0.25, 0.3) is 5.91 Å². The average Bonchev–Trinajstić information content (AvgIpc) is 3.21. The number of benzene rings is 1. The predicted octanol–water partition coefficient (Wildman–Crippen LogP) is 2.32. The SMILES string of the molecule is CNC(=O)c1ccc(CNC(C)(C)C2CC2)cc1. The second-order valence-corrected chi connectivity index (χ2v) is 5.63. The molecule has 3 nitrogen and oxygen atoms in total. The molecule has 0 spiro atoms. The van der Waals surface area contributed by atoms with Crippen LogP contribution in [0.5, 0.6) is 0 Å². The smallest absolute Gasteiger partial charge is 0.251 e. The maximum atomic E-state index is 11.4. The zero-order valence-corrected chi connectivity index (χ0v) is 11.4. The van der Waals surface area contributed by atoms with Gasteiger partial charge in [0.05, 0.1) is 0 Å². The summed E-state index contributed by atoms with van der Waals surface area (Å²) >= 11 is 0. The lowest BCUT2D eigenvalue weighted by Crippen LogP contribution is -2.40. The number of carbonyl (C=O) groups excluding carboxylic acids is 1. The van der Waals surface area contributed by atoms with E-state index in [1.54, 1.807) is 7.05 Å². The van der Waals surface area contributed by atoms with E-state index in [0.717, 1.165) is 12.5 Å². The summed E-state index contributed by atoms with van der Waals surface area (Å²) in [5, 5.41) is 6.22. The van der Waals surface area contributed by atoms with Crippen LogP contribution >= 0.6 is 0 Å². The topological polar surface area (TPSA) is 41.1 Å². The Balaban J connectivity index is 1.92. The molecule has 18 heavy (non-hydrogen) atoms. The van der Waals surface area contributed by atoms with E-state index in [1.165, 1.54) is 18.4 Å². The van der Waals surface area contributed by atoms with Crippen molar-refractivity contribution in [3.8, 4) is 0 Å². The first-order valence-corrected chi connectivity index (χ1v) is 6.59. The normalized spacial score (nSPS) is 15.5. The van der Waals surface area contributed by atoms with Crippen molar-refractivity contribution in [3.05, 3.63) is 35.4 Å². The first-order valence-electron chi connectivity index (χ1n) is 6.59. The van der Waals surface area contributed by atoms with E-state index in [9.17, 15) is 4.79 Å². The molecule has 1 saturated carbocycles. The van der Waals surface area contributed by atoms with Crippen LogP contribution in [0.2, 0.25) is 0 Å². The van der Waals surface area contributed by atoms with Crippen LogP contribution in [0.25, 0.3) is 0 Å². The van der Waals surface area contributed by atoms with E-state index in [1.807, 2.05) is 24.3 Å². The van der Waals surface area contributed by atoms with Crippen LogP contribution in [-0.2, 0) is 6.54 Å². The van der Waals surface area contributed by atoms with Gasteiger partial charge in [-0.25, -0.2) is 0 Å². The largest absolute Gasteiger partial charge is 0.355 e. The van der Waals surface area contributed by atoms with E-state index in [4.69, 9.17) is 0 Å². The molecule has 1 amide bonds. The standard InChI is InChI=1S/C15H22N2O/c1-15(2,13-8-9-13)17-10-11-4-6-12(7-5-11)14(18)16-3/h4-7,13,17H,8-10H2,1-3H3,(H,16,18). The van der Waals surface area contributed by atoms with Crippen molar-refractivity contribution in [1.29, 1.82) is 0 Å². The van der Waals surface area contributed by atoms with Crippen LogP contribution in [0, 0.1) is 5.92 Å². The Morgan fingerprint density at radius 3 is 2.39 bits per heavy atom. The van der Waals surface area contributed by atoms with Crippen molar-refractivity contribution in [3.63, 3.8) is 0 Å². The zero-order valence-electron chi connectivity index (χ0n) is 11.4. The summed E-state index contributed by atoms with van der Waals surface area (Å²) in [5.41, 5.74) is 2.15. The summed E-state index contributed by atoms with van der Waals surface area (Å²) in [7, 11) is 1.65. The molecule has 1 aliphatic rings. The Morgan fingerprint density at radius 1 is 1.28 bits per heavy atom. The Labute approximate surface area is 109 Å². The van der Waals surface area contributed by atoms with Crippen LogP contribution in [0.15, 0.2) is 24.3 Å². The van der Waals surface area contributed by atoms with Gasteiger partial charge in [0.1, 0.15) is 0 Å². The van der Waals surface area contributed by atoms with Crippen molar-refractivity contribution >= 4 is 5.91 Å². The first-order chi connectivity index (χ1) is 8.53. The molecule has 0 saturated heterocycles. The molecule has 2 rings (SSSR count). The molecule has 0 bridgehead atoms. The minimum atomic E-state index is -0.0344. The van der Waals surface area contributed by atoms with Crippen molar-refractivity contribution < 1.29 is 4.79 Å². The van der Waals surface area contributed by atoms with Gasteiger partial charge in [0.15, 0.2) is 0 Å². The van der Waals surface area contributed by atoms with Gasteiger partial charge in [0, 0.05) is 24.7 Å². The molecule has 1 aromatic carbocycles. The number of hydrogen-bond acceptors (Lipinski definition) is 2. The van der Waals surface area contributed by atoms with Crippen molar-refractivity contribution in [2.75, 3.05) is 7.05 Å². The second kappa shape index (κ2) is 5.11.